The van der Waals surface area contributed by atoms with E-state index in [2.05, 4.69) is 32.4 Å². The van der Waals surface area contributed by atoms with Crippen LogP contribution in [0.15, 0.2) is 17.6 Å². The smallest absolute Gasteiger partial charge is 0.235 e. The summed E-state index contributed by atoms with van der Waals surface area (Å²) in [4.78, 5) is 17.1. The molecule has 2 heterocycles. The summed E-state index contributed by atoms with van der Waals surface area (Å²) in [6.07, 6.45) is 12.1. The highest BCUT2D eigenvalue weighted by Crippen LogP contribution is 2.38. The molecule has 1 amide bonds. The molecule has 4 rings (SSSR count). The van der Waals surface area contributed by atoms with E-state index in [0.717, 1.165) is 29.3 Å². The molecule has 0 saturated heterocycles. The Kier molecular flexibility index (Phi) is 5.49. The minimum atomic E-state index is -0.0820. The van der Waals surface area contributed by atoms with Gasteiger partial charge in [-0.1, -0.05) is 31.0 Å². The van der Waals surface area contributed by atoms with Crippen LogP contribution >= 0.6 is 11.8 Å². The van der Waals surface area contributed by atoms with Crippen LogP contribution in [0.4, 0.5) is 5.82 Å². The van der Waals surface area contributed by atoms with Crippen LogP contribution in [0.25, 0.3) is 0 Å². The summed E-state index contributed by atoms with van der Waals surface area (Å²) in [5.41, 5.74) is 2.66. The van der Waals surface area contributed by atoms with Gasteiger partial charge in [-0.15, -0.1) is 0 Å². The van der Waals surface area contributed by atoms with Gasteiger partial charge in [0.25, 0.3) is 0 Å². The number of carbonyl (C=O) groups excluding carboxylic acids is 1. The van der Waals surface area contributed by atoms with Gasteiger partial charge in [0.1, 0.15) is 11.9 Å². The number of nitriles is 1. The van der Waals surface area contributed by atoms with E-state index < -0.39 is 0 Å². The first-order chi connectivity index (χ1) is 13.6. The van der Waals surface area contributed by atoms with Crippen molar-refractivity contribution in [2.75, 3.05) is 11.1 Å². The summed E-state index contributed by atoms with van der Waals surface area (Å²) in [5, 5.41) is 13.7. The number of aromatic nitrogens is 3. The average Bonchev–Trinajstić information content (AvgIpc) is 3.39. The van der Waals surface area contributed by atoms with Crippen LogP contribution in [0, 0.1) is 25.2 Å². The van der Waals surface area contributed by atoms with Gasteiger partial charge >= 0.3 is 0 Å². The number of rotatable bonds is 6. The fraction of sp³-hybridized carbons (Fsp3) is 0.571. The van der Waals surface area contributed by atoms with E-state index in [4.69, 9.17) is 0 Å². The number of thioether (sulfide) groups is 1. The molecule has 148 valence electrons. The Labute approximate surface area is 170 Å². The van der Waals surface area contributed by atoms with Crippen molar-refractivity contribution in [3.63, 3.8) is 0 Å². The maximum atomic E-state index is 12.7. The fourth-order valence-corrected chi connectivity index (χ4v) is 5.05. The average molecular weight is 398 g/mol. The fourth-order valence-electron chi connectivity index (χ4n) is 4.22. The maximum Gasteiger partial charge on any atom is 0.235 e. The molecule has 2 fully saturated rings. The number of hydrogen-bond donors (Lipinski definition) is 1. The Morgan fingerprint density at radius 1 is 1.25 bits per heavy atom. The van der Waals surface area contributed by atoms with E-state index in [1.54, 1.807) is 6.20 Å². The lowest BCUT2D eigenvalue weighted by Gasteiger charge is -2.27. The Hall–Kier alpha value is -2.20. The number of nitrogens with zero attached hydrogens (tertiary/aromatic N) is 4. The van der Waals surface area contributed by atoms with E-state index in [1.165, 1.54) is 43.9 Å². The van der Waals surface area contributed by atoms with Crippen molar-refractivity contribution in [3.05, 3.63) is 29.2 Å². The Morgan fingerprint density at radius 2 is 2.00 bits per heavy atom. The van der Waals surface area contributed by atoms with Crippen molar-refractivity contribution in [2.24, 2.45) is 0 Å². The molecule has 0 atom stereocenters. The van der Waals surface area contributed by atoms with Crippen LogP contribution in [-0.2, 0) is 4.79 Å². The highest BCUT2D eigenvalue weighted by Gasteiger charge is 2.27. The molecule has 1 N–H and O–H groups in total. The van der Waals surface area contributed by atoms with Gasteiger partial charge in [-0.3, -0.25) is 4.79 Å². The van der Waals surface area contributed by atoms with Crippen molar-refractivity contribution in [1.29, 1.82) is 5.26 Å². The minimum Gasteiger partial charge on any atom is -0.327 e. The number of hydrogen-bond acceptors (Lipinski definition) is 4. The van der Waals surface area contributed by atoms with Crippen molar-refractivity contribution in [1.82, 2.24) is 14.1 Å². The monoisotopic (exact) mass is 397 g/mol. The van der Waals surface area contributed by atoms with Gasteiger partial charge in [0.15, 0.2) is 5.16 Å². The third-order valence-electron chi connectivity index (χ3n) is 5.97. The van der Waals surface area contributed by atoms with Crippen LogP contribution in [0.3, 0.4) is 0 Å². The first-order valence-electron chi connectivity index (χ1n) is 10.2. The molecule has 2 aromatic rings. The molecule has 6 nitrogen and oxygen atoms in total. The zero-order valence-electron chi connectivity index (χ0n) is 16.6. The molecule has 28 heavy (non-hydrogen) atoms. The van der Waals surface area contributed by atoms with E-state index in [9.17, 15) is 10.1 Å². The van der Waals surface area contributed by atoms with Crippen molar-refractivity contribution >= 4 is 23.5 Å². The lowest BCUT2D eigenvalue weighted by Crippen LogP contribution is -2.22. The summed E-state index contributed by atoms with van der Waals surface area (Å²) in [6, 6.07) is 3.23. The molecule has 2 saturated carbocycles. The number of nitrogens with one attached hydrogen (secondary N) is 1. The predicted molar refractivity (Wildman–Crippen MR) is 111 cm³/mol. The largest absolute Gasteiger partial charge is 0.327 e. The second-order valence-corrected chi connectivity index (χ2v) is 8.84. The number of carbonyl (C=O) groups is 1. The van der Waals surface area contributed by atoms with Crippen molar-refractivity contribution in [3.8, 4) is 6.07 Å². The Morgan fingerprint density at radius 3 is 2.68 bits per heavy atom. The van der Waals surface area contributed by atoms with Gasteiger partial charge in [-0.25, -0.2) is 4.98 Å². The predicted octanol–water partition coefficient (Wildman–Crippen LogP) is 4.74. The van der Waals surface area contributed by atoms with Crippen molar-refractivity contribution in [2.45, 2.75) is 76.0 Å². The maximum absolute atomic E-state index is 12.7. The van der Waals surface area contributed by atoms with Crippen LogP contribution in [0.2, 0.25) is 0 Å². The standard InChI is InChI=1S/C21H27N5OS/c1-14-15(2)26(17-6-4-3-5-7-17)20(18(14)12-22)24-19(27)13-28-21-23-10-11-25(21)16-8-9-16/h10-11,16-17H,3-9,13H2,1-2H3,(H,24,27). The second-order valence-electron chi connectivity index (χ2n) is 7.89. The van der Waals surface area contributed by atoms with Gasteiger partial charge in [0, 0.05) is 30.2 Å². The van der Waals surface area contributed by atoms with Crippen LogP contribution in [-0.4, -0.2) is 25.8 Å². The Bertz CT molecular complexity index is 912. The number of anilines is 1. The zero-order chi connectivity index (χ0) is 19.7. The van der Waals surface area contributed by atoms with Crippen molar-refractivity contribution < 1.29 is 4.79 Å². The summed E-state index contributed by atoms with van der Waals surface area (Å²) in [6.45, 7) is 4.03. The summed E-state index contributed by atoms with van der Waals surface area (Å²) in [5.74, 6) is 0.893. The number of imidazole rings is 1. The topological polar surface area (TPSA) is 75.6 Å². The summed E-state index contributed by atoms with van der Waals surface area (Å²) >= 11 is 1.46. The molecule has 7 heteroatoms. The molecule has 0 bridgehead atoms. The summed E-state index contributed by atoms with van der Waals surface area (Å²) in [7, 11) is 0. The lowest BCUT2D eigenvalue weighted by molar-refractivity contribution is -0.113. The third-order valence-corrected chi connectivity index (χ3v) is 6.95. The highest BCUT2D eigenvalue weighted by atomic mass is 32.2. The van der Waals surface area contributed by atoms with E-state index in [0.29, 0.717) is 29.2 Å². The molecular formula is C21H27N5OS. The molecular weight excluding hydrogens is 370 g/mol. The Balaban J connectivity index is 1.51. The molecule has 2 aliphatic carbocycles. The molecule has 0 aliphatic heterocycles. The van der Waals surface area contributed by atoms with Gasteiger partial charge in [0.2, 0.25) is 5.91 Å². The highest BCUT2D eigenvalue weighted by molar-refractivity contribution is 7.99. The molecule has 2 aliphatic rings. The molecule has 0 unspecified atom stereocenters. The zero-order valence-corrected chi connectivity index (χ0v) is 17.4. The van der Waals surface area contributed by atoms with Crippen LogP contribution in [0.5, 0.6) is 0 Å². The normalized spacial score (nSPS) is 17.5. The van der Waals surface area contributed by atoms with Gasteiger partial charge < -0.3 is 14.5 Å². The quantitative estimate of drug-likeness (QED) is 0.714. The van der Waals surface area contributed by atoms with Gasteiger partial charge in [-0.2, -0.15) is 5.26 Å². The molecule has 0 aromatic carbocycles. The summed E-state index contributed by atoms with van der Waals surface area (Å²) < 4.78 is 4.37. The van der Waals surface area contributed by atoms with Crippen LogP contribution in [0.1, 0.15) is 73.9 Å². The first-order valence-corrected chi connectivity index (χ1v) is 11.2. The third kappa shape index (κ3) is 3.70. The SMILES string of the molecule is Cc1c(C#N)c(NC(=O)CSc2nccn2C2CC2)n(C2CCCCC2)c1C. The first kappa shape index (κ1) is 19.1. The van der Waals surface area contributed by atoms with E-state index >= 15 is 0 Å². The van der Waals surface area contributed by atoms with E-state index in [-0.39, 0.29) is 5.91 Å². The van der Waals surface area contributed by atoms with Gasteiger partial charge in [0.05, 0.1) is 11.3 Å². The molecule has 0 spiro atoms. The second kappa shape index (κ2) is 8.04. The molecule has 2 aromatic heterocycles. The number of amides is 1. The lowest BCUT2D eigenvalue weighted by atomic mass is 9.95. The van der Waals surface area contributed by atoms with Gasteiger partial charge in [-0.05, 0) is 45.1 Å². The van der Waals surface area contributed by atoms with Crippen LogP contribution < -0.4 is 5.32 Å². The van der Waals surface area contributed by atoms with E-state index in [1.807, 2.05) is 13.1 Å². The minimum absolute atomic E-state index is 0.0820. The molecule has 0 radical (unpaired) electrons.